The third kappa shape index (κ3) is 5.21. The first kappa shape index (κ1) is 20.6. The number of carbonyl (C=O) groups is 2. The van der Waals surface area contributed by atoms with Crippen molar-refractivity contribution in [1.82, 2.24) is 4.57 Å². The lowest BCUT2D eigenvalue weighted by Gasteiger charge is -2.11. The van der Waals surface area contributed by atoms with Crippen LogP contribution in [0.25, 0.3) is 10.8 Å². The van der Waals surface area contributed by atoms with Gasteiger partial charge >= 0.3 is 5.97 Å². The highest BCUT2D eigenvalue weighted by atomic mass is 31.0. The van der Waals surface area contributed by atoms with Crippen LogP contribution in [-0.4, -0.2) is 29.7 Å². The van der Waals surface area contributed by atoms with E-state index in [4.69, 9.17) is 9.47 Å². The maximum absolute atomic E-state index is 12.8. The highest BCUT2D eigenvalue weighted by molar-refractivity contribution is 7.27. The van der Waals surface area contributed by atoms with Gasteiger partial charge in [0.2, 0.25) is 5.91 Å². The lowest BCUT2D eigenvalue weighted by atomic mass is 10.1. The van der Waals surface area contributed by atoms with Gasteiger partial charge in [-0.05, 0) is 42.6 Å². The van der Waals surface area contributed by atoms with Crippen molar-refractivity contribution < 1.29 is 19.1 Å². The average Bonchev–Trinajstić information content (AvgIpc) is 2.69. The van der Waals surface area contributed by atoms with Crippen LogP contribution in [-0.2, 0) is 20.9 Å². The normalized spacial score (nSPS) is 10.6. The highest BCUT2D eigenvalue weighted by Gasteiger charge is 2.12. The van der Waals surface area contributed by atoms with E-state index in [1.54, 1.807) is 37.3 Å². The van der Waals surface area contributed by atoms with Crippen molar-refractivity contribution in [3.8, 4) is 5.75 Å². The van der Waals surface area contributed by atoms with Crippen LogP contribution in [0.15, 0.2) is 59.5 Å². The first-order valence-corrected chi connectivity index (χ1v) is 9.61. The maximum atomic E-state index is 12.8. The average molecular weight is 412 g/mol. The minimum Gasteiger partial charge on any atom is -0.481 e. The number of amides is 1. The predicted molar refractivity (Wildman–Crippen MR) is 115 cm³/mol. The van der Waals surface area contributed by atoms with Gasteiger partial charge in [-0.2, -0.15) is 0 Å². The Morgan fingerprint density at radius 1 is 1.10 bits per heavy atom. The lowest BCUT2D eigenvalue weighted by Crippen LogP contribution is -2.27. The second-order valence-electron chi connectivity index (χ2n) is 6.23. The molecule has 0 bridgehead atoms. The van der Waals surface area contributed by atoms with E-state index in [9.17, 15) is 14.4 Å². The van der Waals surface area contributed by atoms with Crippen LogP contribution in [0.1, 0.15) is 6.92 Å². The van der Waals surface area contributed by atoms with Gasteiger partial charge in [-0.15, -0.1) is 9.24 Å². The molecule has 3 rings (SSSR count). The number of hydrogen-bond donors (Lipinski definition) is 1. The van der Waals surface area contributed by atoms with Gasteiger partial charge in [-0.3, -0.25) is 9.59 Å². The number of benzene rings is 2. The van der Waals surface area contributed by atoms with Crippen LogP contribution in [0.3, 0.4) is 0 Å². The fourth-order valence-corrected chi connectivity index (χ4v) is 3.14. The van der Waals surface area contributed by atoms with Crippen molar-refractivity contribution in [3.05, 3.63) is 65.1 Å². The SMILES string of the molecule is CCOC(=O)COc1cccc2c(=O)n(CC(=O)Nc3cccc(P)c3)ccc12. The molecule has 2 aromatic carbocycles. The van der Waals surface area contributed by atoms with E-state index >= 15 is 0 Å². The van der Waals surface area contributed by atoms with Crippen LogP contribution in [0.4, 0.5) is 5.69 Å². The first-order chi connectivity index (χ1) is 14.0. The zero-order valence-corrected chi connectivity index (χ0v) is 17.0. The molecule has 1 amide bonds. The monoisotopic (exact) mass is 412 g/mol. The quantitative estimate of drug-likeness (QED) is 0.474. The lowest BCUT2D eigenvalue weighted by molar-refractivity contribution is -0.145. The summed E-state index contributed by atoms with van der Waals surface area (Å²) in [4.78, 5) is 36.6. The van der Waals surface area contributed by atoms with Gasteiger partial charge < -0.3 is 19.4 Å². The summed E-state index contributed by atoms with van der Waals surface area (Å²) >= 11 is 0. The molecular weight excluding hydrogens is 391 g/mol. The smallest absolute Gasteiger partial charge is 0.344 e. The molecule has 0 saturated carbocycles. The van der Waals surface area contributed by atoms with Gasteiger partial charge in [0, 0.05) is 17.3 Å². The van der Waals surface area contributed by atoms with E-state index in [2.05, 4.69) is 14.6 Å². The van der Waals surface area contributed by atoms with Crippen LogP contribution in [0.2, 0.25) is 0 Å². The van der Waals surface area contributed by atoms with Crippen LogP contribution >= 0.6 is 9.24 Å². The van der Waals surface area contributed by atoms with Crippen molar-refractivity contribution in [3.63, 3.8) is 0 Å². The number of fused-ring (bicyclic) bond motifs is 1. The number of ether oxygens (including phenoxy) is 2. The largest absolute Gasteiger partial charge is 0.481 e. The van der Waals surface area contributed by atoms with Crippen LogP contribution in [0, 0.1) is 0 Å². The van der Waals surface area contributed by atoms with Crippen molar-refractivity contribution >= 4 is 42.9 Å². The summed E-state index contributed by atoms with van der Waals surface area (Å²) in [6, 6.07) is 14.0. The number of esters is 1. The summed E-state index contributed by atoms with van der Waals surface area (Å²) in [5, 5.41) is 4.68. The topological polar surface area (TPSA) is 86.6 Å². The summed E-state index contributed by atoms with van der Waals surface area (Å²) in [5.41, 5.74) is 0.338. The van der Waals surface area contributed by atoms with E-state index in [0.29, 0.717) is 22.2 Å². The van der Waals surface area contributed by atoms with Crippen LogP contribution < -0.4 is 20.9 Å². The molecule has 3 aromatic rings. The Kier molecular flexibility index (Phi) is 6.62. The minimum absolute atomic E-state index is 0.121. The summed E-state index contributed by atoms with van der Waals surface area (Å²) in [6.07, 6.45) is 1.54. The van der Waals surface area contributed by atoms with Crippen molar-refractivity contribution in [2.45, 2.75) is 13.5 Å². The zero-order chi connectivity index (χ0) is 20.8. The summed E-state index contributed by atoms with van der Waals surface area (Å²) < 4.78 is 11.7. The Morgan fingerprint density at radius 3 is 2.66 bits per heavy atom. The first-order valence-electron chi connectivity index (χ1n) is 9.04. The maximum Gasteiger partial charge on any atom is 0.344 e. The molecule has 0 spiro atoms. The molecule has 7 nitrogen and oxygen atoms in total. The highest BCUT2D eigenvalue weighted by Crippen LogP contribution is 2.23. The molecule has 1 unspecified atom stereocenters. The molecule has 1 N–H and O–H groups in total. The summed E-state index contributed by atoms with van der Waals surface area (Å²) in [7, 11) is 2.56. The molecule has 1 atom stereocenters. The van der Waals surface area contributed by atoms with Crippen molar-refractivity contribution in [1.29, 1.82) is 0 Å². The number of rotatable bonds is 7. The standard InChI is InChI=1S/C21H21N2O5P/c1-2-27-20(25)13-28-18-8-4-7-17-16(18)9-10-23(21(17)26)12-19(24)22-14-5-3-6-15(29)11-14/h3-11H,2,12-13,29H2,1H3,(H,22,24). The molecule has 29 heavy (non-hydrogen) atoms. The molecule has 0 aliphatic carbocycles. The van der Waals surface area contributed by atoms with E-state index in [-0.39, 0.29) is 31.2 Å². The van der Waals surface area contributed by atoms with E-state index in [1.165, 1.54) is 10.8 Å². The molecule has 0 radical (unpaired) electrons. The summed E-state index contributed by atoms with van der Waals surface area (Å²) in [5.74, 6) is -0.387. The molecule has 1 heterocycles. The predicted octanol–water partition coefficient (Wildman–Crippen LogP) is 2.08. The molecule has 0 aliphatic rings. The molecular formula is C21H21N2O5P. The minimum atomic E-state index is -0.482. The number of nitrogens with zero attached hydrogens (tertiary/aromatic N) is 1. The van der Waals surface area contributed by atoms with Gasteiger partial charge in [0.15, 0.2) is 6.61 Å². The second kappa shape index (κ2) is 9.34. The van der Waals surface area contributed by atoms with Crippen LogP contribution in [0.5, 0.6) is 5.75 Å². The van der Waals surface area contributed by atoms with Gasteiger partial charge in [-0.1, -0.05) is 18.2 Å². The molecule has 8 heteroatoms. The Morgan fingerprint density at radius 2 is 1.90 bits per heavy atom. The third-order valence-electron chi connectivity index (χ3n) is 4.11. The fourth-order valence-electron chi connectivity index (χ4n) is 2.85. The Balaban J connectivity index is 1.78. The molecule has 150 valence electrons. The van der Waals surface area contributed by atoms with Crippen molar-refractivity contribution in [2.75, 3.05) is 18.5 Å². The number of nitrogens with one attached hydrogen (secondary N) is 1. The Labute approximate surface area is 169 Å². The molecule has 0 saturated heterocycles. The number of carbonyl (C=O) groups excluding carboxylic acids is 2. The van der Waals surface area contributed by atoms with Gasteiger partial charge in [-0.25, -0.2) is 4.79 Å². The molecule has 0 fully saturated rings. The van der Waals surface area contributed by atoms with E-state index in [0.717, 1.165) is 5.30 Å². The Bertz CT molecular complexity index is 1110. The van der Waals surface area contributed by atoms with Gasteiger partial charge in [0.1, 0.15) is 12.3 Å². The van der Waals surface area contributed by atoms with E-state index < -0.39 is 5.97 Å². The Hall–Kier alpha value is -3.18. The summed E-state index contributed by atoms with van der Waals surface area (Å²) in [6.45, 7) is 1.62. The molecule has 1 aromatic heterocycles. The van der Waals surface area contributed by atoms with Gasteiger partial charge in [0.25, 0.3) is 5.56 Å². The zero-order valence-electron chi connectivity index (χ0n) is 15.9. The second-order valence-corrected chi connectivity index (χ2v) is 6.90. The fraction of sp³-hybridized carbons (Fsp3) is 0.190. The third-order valence-corrected chi connectivity index (χ3v) is 4.47. The number of pyridine rings is 1. The van der Waals surface area contributed by atoms with Gasteiger partial charge in [0.05, 0.1) is 12.0 Å². The number of aromatic nitrogens is 1. The molecule has 0 aliphatic heterocycles. The van der Waals surface area contributed by atoms with Crippen molar-refractivity contribution in [2.24, 2.45) is 0 Å². The van der Waals surface area contributed by atoms with E-state index in [1.807, 2.05) is 18.2 Å². The number of hydrogen-bond acceptors (Lipinski definition) is 5. The number of anilines is 1.